The molecule has 0 aliphatic carbocycles. The van der Waals surface area contributed by atoms with Gasteiger partial charge in [-0.1, -0.05) is 24.4 Å². The van der Waals surface area contributed by atoms with E-state index in [0.29, 0.717) is 10.6 Å². The molecule has 1 aromatic carbocycles. The van der Waals surface area contributed by atoms with Crippen LogP contribution in [0.5, 0.6) is 0 Å². The van der Waals surface area contributed by atoms with Crippen LogP contribution < -0.4 is 4.90 Å². The van der Waals surface area contributed by atoms with E-state index in [4.69, 9.17) is 12.2 Å². The molecular weight excluding hydrogens is 342 g/mol. The number of anilines is 1. The predicted octanol–water partition coefficient (Wildman–Crippen LogP) is 3.22. The average Bonchev–Trinajstić information content (AvgIpc) is 2.86. The van der Waals surface area contributed by atoms with Crippen LogP contribution in [0, 0.1) is 18.3 Å². The number of hydrogen-bond acceptors (Lipinski definition) is 4. The van der Waals surface area contributed by atoms with Crippen LogP contribution in [0.4, 0.5) is 5.69 Å². The van der Waals surface area contributed by atoms with Crippen LogP contribution in [-0.2, 0) is 0 Å². The van der Waals surface area contributed by atoms with Gasteiger partial charge in [-0.25, -0.2) is 4.99 Å². The topological polar surface area (TPSA) is 45.9 Å². The lowest BCUT2D eigenvalue weighted by Crippen LogP contribution is -2.30. The Balaban J connectivity index is 2.13. The maximum Gasteiger partial charge on any atom is 0.147 e. The number of allylic oxidation sites excluding steroid dienone is 1. The van der Waals surface area contributed by atoms with Crippen molar-refractivity contribution in [2.24, 2.45) is 4.99 Å². The maximum atomic E-state index is 9.57. The fraction of sp³-hybridized carbons (Fsp3) is 0.450. The third kappa shape index (κ3) is 5.30. The van der Waals surface area contributed by atoms with Crippen molar-refractivity contribution < 1.29 is 0 Å². The number of thiocarbonyl (C=S) groups is 1. The van der Waals surface area contributed by atoms with Gasteiger partial charge in [-0.2, -0.15) is 5.26 Å². The lowest BCUT2D eigenvalue weighted by molar-refractivity contribution is 0.369. The van der Waals surface area contributed by atoms with Crippen molar-refractivity contribution in [1.82, 2.24) is 9.80 Å². The SMILES string of the molecule is C/C(=C(\C#N)C(=S)N=CN(C)C)N1CCCN(c2cccc(C)c2)CC1. The summed E-state index contributed by atoms with van der Waals surface area (Å²) in [5.41, 5.74) is 3.94. The number of aliphatic imine (C=N–C) groups is 1. The van der Waals surface area contributed by atoms with E-state index in [9.17, 15) is 5.26 Å². The van der Waals surface area contributed by atoms with Gasteiger partial charge in [0.05, 0.1) is 6.34 Å². The van der Waals surface area contributed by atoms with Gasteiger partial charge in [-0.15, -0.1) is 0 Å². The minimum atomic E-state index is 0.346. The molecule has 0 spiro atoms. The second kappa shape index (κ2) is 9.35. The van der Waals surface area contributed by atoms with Crippen molar-refractivity contribution in [3.63, 3.8) is 0 Å². The third-order valence-electron chi connectivity index (χ3n) is 4.43. The Morgan fingerprint density at radius 2 is 2.04 bits per heavy atom. The molecule has 5 nitrogen and oxygen atoms in total. The predicted molar refractivity (Wildman–Crippen MR) is 113 cm³/mol. The maximum absolute atomic E-state index is 9.57. The zero-order chi connectivity index (χ0) is 19.1. The van der Waals surface area contributed by atoms with Gasteiger partial charge in [0.15, 0.2) is 0 Å². The van der Waals surface area contributed by atoms with Gasteiger partial charge in [-0.3, -0.25) is 0 Å². The molecule has 1 saturated heterocycles. The molecule has 1 aliphatic heterocycles. The Labute approximate surface area is 162 Å². The Hall–Kier alpha value is -2.39. The first-order chi connectivity index (χ1) is 12.4. The smallest absolute Gasteiger partial charge is 0.147 e. The zero-order valence-corrected chi connectivity index (χ0v) is 16.9. The number of nitrogens with zero attached hydrogens (tertiary/aromatic N) is 5. The van der Waals surface area contributed by atoms with Gasteiger partial charge in [0.2, 0.25) is 0 Å². The Morgan fingerprint density at radius 3 is 2.69 bits per heavy atom. The minimum Gasteiger partial charge on any atom is -0.372 e. The van der Waals surface area contributed by atoms with Crippen LogP contribution in [0.25, 0.3) is 0 Å². The van der Waals surface area contributed by atoms with Crippen molar-refractivity contribution >= 4 is 29.2 Å². The standard InChI is InChI=1S/C20H27N5S/c1-16-7-5-8-18(13-16)25-10-6-9-24(11-12-25)17(2)19(14-21)20(26)22-15-23(3)4/h5,7-8,13,15H,6,9-12H2,1-4H3/b19-17-,22-15?. The van der Waals surface area contributed by atoms with Crippen molar-refractivity contribution in [3.05, 3.63) is 41.1 Å². The number of rotatable bonds is 4. The van der Waals surface area contributed by atoms with E-state index in [1.807, 2.05) is 25.9 Å². The van der Waals surface area contributed by atoms with E-state index in [0.717, 1.165) is 38.3 Å². The molecule has 1 aliphatic rings. The molecule has 0 atom stereocenters. The normalized spacial score (nSPS) is 16.1. The van der Waals surface area contributed by atoms with E-state index < -0.39 is 0 Å². The van der Waals surface area contributed by atoms with E-state index >= 15 is 0 Å². The number of aryl methyl sites for hydroxylation is 1. The number of benzene rings is 1. The summed E-state index contributed by atoms with van der Waals surface area (Å²) >= 11 is 5.34. The highest BCUT2D eigenvalue weighted by Gasteiger charge is 2.19. The van der Waals surface area contributed by atoms with Gasteiger partial charge in [-0.05, 0) is 38.0 Å². The highest BCUT2D eigenvalue weighted by molar-refractivity contribution is 7.80. The van der Waals surface area contributed by atoms with Gasteiger partial charge in [0.1, 0.15) is 16.6 Å². The molecule has 1 heterocycles. The fourth-order valence-electron chi connectivity index (χ4n) is 3.01. The summed E-state index contributed by atoms with van der Waals surface area (Å²) in [6, 6.07) is 10.9. The molecular formula is C20H27N5S. The molecule has 138 valence electrons. The van der Waals surface area contributed by atoms with Crippen molar-refractivity contribution in [2.45, 2.75) is 20.3 Å². The fourth-order valence-corrected chi connectivity index (χ4v) is 3.25. The first kappa shape index (κ1) is 19.9. The first-order valence-corrected chi connectivity index (χ1v) is 9.25. The van der Waals surface area contributed by atoms with Crippen LogP contribution >= 0.6 is 12.2 Å². The molecule has 0 unspecified atom stereocenters. The van der Waals surface area contributed by atoms with Gasteiger partial charge in [0.25, 0.3) is 0 Å². The quantitative estimate of drug-likeness (QED) is 0.268. The molecule has 2 rings (SSSR count). The molecule has 0 aromatic heterocycles. The van der Waals surface area contributed by atoms with Crippen LogP contribution in [0.2, 0.25) is 0 Å². The Morgan fingerprint density at radius 1 is 1.27 bits per heavy atom. The number of hydrogen-bond donors (Lipinski definition) is 0. The van der Waals surface area contributed by atoms with Crippen molar-refractivity contribution in [3.8, 4) is 6.07 Å². The van der Waals surface area contributed by atoms with E-state index in [-0.39, 0.29) is 0 Å². The van der Waals surface area contributed by atoms with Crippen LogP contribution in [0.3, 0.4) is 0 Å². The highest BCUT2D eigenvalue weighted by Crippen LogP contribution is 2.20. The first-order valence-electron chi connectivity index (χ1n) is 8.85. The summed E-state index contributed by atoms with van der Waals surface area (Å²) in [6.45, 7) is 7.81. The third-order valence-corrected chi connectivity index (χ3v) is 4.74. The lowest BCUT2D eigenvalue weighted by Gasteiger charge is -2.26. The average molecular weight is 370 g/mol. The molecule has 0 N–H and O–H groups in total. The molecule has 0 radical (unpaired) electrons. The van der Waals surface area contributed by atoms with Gasteiger partial charge >= 0.3 is 0 Å². The molecule has 1 fully saturated rings. The Bertz CT molecular complexity index is 745. The number of nitriles is 1. The van der Waals surface area contributed by atoms with Crippen LogP contribution in [0.15, 0.2) is 40.5 Å². The summed E-state index contributed by atoms with van der Waals surface area (Å²) in [5, 5.41) is 9.57. The van der Waals surface area contributed by atoms with Crippen LogP contribution in [-0.4, -0.2) is 61.4 Å². The van der Waals surface area contributed by atoms with Crippen molar-refractivity contribution in [1.29, 1.82) is 5.26 Å². The minimum absolute atomic E-state index is 0.346. The highest BCUT2D eigenvalue weighted by atomic mass is 32.1. The van der Waals surface area contributed by atoms with Crippen LogP contribution in [0.1, 0.15) is 18.9 Å². The van der Waals surface area contributed by atoms with E-state index in [1.165, 1.54) is 11.3 Å². The molecule has 0 amide bonds. The van der Waals surface area contributed by atoms with Gasteiger partial charge in [0, 0.05) is 51.7 Å². The Kier molecular flexibility index (Phi) is 7.16. The molecule has 1 aromatic rings. The monoisotopic (exact) mass is 369 g/mol. The van der Waals surface area contributed by atoms with E-state index in [2.05, 4.69) is 52.1 Å². The molecule has 26 heavy (non-hydrogen) atoms. The summed E-state index contributed by atoms with van der Waals surface area (Å²) in [4.78, 5) is 11.0. The second-order valence-corrected chi connectivity index (χ2v) is 7.14. The lowest BCUT2D eigenvalue weighted by atomic mass is 10.2. The molecule has 0 bridgehead atoms. The van der Waals surface area contributed by atoms with Gasteiger partial charge < -0.3 is 14.7 Å². The summed E-state index contributed by atoms with van der Waals surface area (Å²) < 4.78 is 0. The summed E-state index contributed by atoms with van der Waals surface area (Å²) in [6.07, 6.45) is 2.67. The summed E-state index contributed by atoms with van der Waals surface area (Å²) in [5.74, 6) is 0. The zero-order valence-electron chi connectivity index (χ0n) is 16.1. The van der Waals surface area contributed by atoms with E-state index in [1.54, 1.807) is 6.34 Å². The second-order valence-electron chi connectivity index (χ2n) is 6.75. The molecule has 6 heteroatoms. The largest absolute Gasteiger partial charge is 0.372 e. The van der Waals surface area contributed by atoms with Crippen molar-refractivity contribution in [2.75, 3.05) is 45.2 Å². The molecule has 0 saturated carbocycles. The summed E-state index contributed by atoms with van der Waals surface area (Å²) in [7, 11) is 3.76.